The first-order valence-corrected chi connectivity index (χ1v) is 8.72. The van der Waals surface area contributed by atoms with Crippen molar-refractivity contribution >= 4 is 11.9 Å². The summed E-state index contributed by atoms with van der Waals surface area (Å²) in [6.07, 6.45) is -7.84. The van der Waals surface area contributed by atoms with Crippen molar-refractivity contribution in [1.29, 1.82) is 0 Å². The van der Waals surface area contributed by atoms with Crippen LogP contribution in [0.1, 0.15) is 51.4 Å². The smallest absolute Gasteiger partial charge is 0.466 e. The molecule has 166 valence electrons. The van der Waals surface area contributed by atoms with Crippen molar-refractivity contribution in [3.8, 4) is 0 Å². The molecule has 0 unspecified atom stereocenters. The van der Waals surface area contributed by atoms with Crippen LogP contribution < -0.4 is 0 Å². The summed E-state index contributed by atoms with van der Waals surface area (Å²) >= 11 is 0. The van der Waals surface area contributed by atoms with Gasteiger partial charge in [0.1, 0.15) is 0 Å². The number of esters is 2. The highest BCUT2D eigenvalue weighted by Crippen LogP contribution is 2.17. The van der Waals surface area contributed by atoms with Gasteiger partial charge in [-0.15, -0.1) is 26.3 Å². The molecule has 0 bridgehead atoms. The van der Waals surface area contributed by atoms with Crippen LogP contribution in [-0.4, -0.2) is 51.1 Å². The number of carbonyl (C=O) groups is 2. The van der Waals surface area contributed by atoms with E-state index in [2.05, 4.69) is 9.47 Å². The minimum atomic E-state index is -4.65. The van der Waals surface area contributed by atoms with Crippen LogP contribution in [0.5, 0.6) is 0 Å². The molecule has 12 heteroatoms. The van der Waals surface area contributed by atoms with Crippen molar-refractivity contribution in [2.75, 3.05) is 26.4 Å². The Labute approximate surface area is 158 Å². The molecule has 0 rings (SSSR count). The largest absolute Gasteiger partial charge is 0.522 e. The Morgan fingerprint density at radius 1 is 0.536 bits per heavy atom. The van der Waals surface area contributed by atoms with Gasteiger partial charge in [-0.2, -0.15) is 0 Å². The van der Waals surface area contributed by atoms with Gasteiger partial charge >= 0.3 is 24.7 Å². The van der Waals surface area contributed by atoms with E-state index in [-0.39, 0.29) is 38.9 Å². The fraction of sp³-hybridized carbons (Fsp3) is 0.875. The highest BCUT2D eigenvalue weighted by molar-refractivity contribution is 5.77. The summed E-state index contributed by atoms with van der Waals surface area (Å²) in [6, 6.07) is 0. The Bertz CT molecular complexity index is 398. The lowest BCUT2D eigenvalue weighted by atomic mass is 10.2. The first-order chi connectivity index (χ1) is 13.0. The van der Waals surface area contributed by atoms with E-state index in [1.165, 1.54) is 0 Å². The zero-order chi connectivity index (χ0) is 21.5. The molecule has 0 atom stereocenters. The van der Waals surface area contributed by atoms with Gasteiger partial charge in [-0.05, 0) is 38.5 Å². The maximum atomic E-state index is 11.7. The van der Waals surface area contributed by atoms with E-state index in [9.17, 15) is 35.9 Å². The third-order valence-electron chi connectivity index (χ3n) is 3.17. The summed E-state index contributed by atoms with van der Waals surface area (Å²) in [5.41, 5.74) is 0. The molecule has 0 spiro atoms. The normalized spacial score (nSPS) is 12.1. The first-order valence-electron chi connectivity index (χ1n) is 8.72. The minimum absolute atomic E-state index is 0.0277. The summed E-state index contributed by atoms with van der Waals surface area (Å²) in [7, 11) is 0. The summed E-state index contributed by atoms with van der Waals surface area (Å²) in [4.78, 5) is 22.8. The summed E-state index contributed by atoms with van der Waals surface area (Å²) < 4.78 is 87.0. The molecule has 0 saturated carbocycles. The van der Waals surface area contributed by atoms with Gasteiger partial charge in [0.25, 0.3) is 0 Å². The fourth-order valence-corrected chi connectivity index (χ4v) is 1.86. The number of ether oxygens (including phenoxy) is 4. The summed E-state index contributed by atoms with van der Waals surface area (Å²) in [5, 5.41) is 0. The van der Waals surface area contributed by atoms with E-state index < -0.39 is 37.9 Å². The van der Waals surface area contributed by atoms with Crippen LogP contribution in [0.3, 0.4) is 0 Å². The Morgan fingerprint density at radius 2 is 0.857 bits per heavy atom. The number of alkyl halides is 6. The van der Waals surface area contributed by atoms with E-state index in [1.54, 1.807) is 0 Å². The number of hydrogen-bond acceptors (Lipinski definition) is 6. The summed E-state index contributed by atoms with van der Waals surface area (Å²) in [5.74, 6) is -1.26. The number of halogens is 6. The molecule has 0 aliphatic rings. The lowest BCUT2D eigenvalue weighted by molar-refractivity contribution is -0.325. The Morgan fingerprint density at radius 3 is 1.18 bits per heavy atom. The molecule has 0 fully saturated rings. The van der Waals surface area contributed by atoms with Gasteiger partial charge in [-0.1, -0.05) is 0 Å². The molecule has 28 heavy (non-hydrogen) atoms. The van der Waals surface area contributed by atoms with Gasteiger partial charge in [0, 0.05) is 0 Å². The second-order valence-corrected chi connectivity index (χ2v) is 5.65. The second-order valence-electron chi connectivity index (χ2n) is 5.65. The number of unbranched alkanes of at least 4 members (excludes halogenated alkanes) is 4. The lowest BCUT2D eigenvalue weighted by Gasteiger charge is -2.08. The number of carbonyl (C=O) groups excluding carboxylic acids is 2. The van der Waals surface area contributed by atoms with Gasteiger partial charge in [0.2, 0.25) is 0 Å². The van der Waals surface area contributed by atoms with Crippen molar-refractivity contribution in [2.45, 2.75) is 64.1 Å². The average Bonchev–Trinajstić information content (AvgIpc) is 2.56. The van der Waals surface area contributed by atoms with Crippen LogP contribution >= 0.6 is 0 Å². The van der Waals surface area contributed by atoms with E-state index in [4.69, 9.17) is 9.47 Å². The SMILES string of the molecule is O=C(CCC(=O)OCCCCCOC(F)(F)F)OCCCCCOC(F)(F)F. The van der Waals surface area contributed by atoms with Gasteiger partial charge in [-0.25, -0.2) is 0 Å². The molecule has 0 radical (unpaired) electrons. The lowest BCUT2D eigenvalue weighted by Crippen LogP contribution is -2.14. The van der Waals surface area contributed by atoms with E-state index in [0.29, 0.717) is 25.7 Å². The van der Waals surface area contributed by atoms with E-state index in [0.717, 1.165) is 0 Å². The molecule has 0 aromatic carbocycles. The Balaban J connectivity index is 3.45. The third-order valence-corrected chi connectivity index (χ3v) is 3.17. The molecule has 0 aliphatic heterocycles. The van der Waals surface area contributed by atoms with Gasteiger partial charge in [0.05, 0.1) is 39.3 Å². The standard InChI is InChI=1S/C16H24F6O6/c17-15(18,19)27-11-5-1-3-9-25-13(23)7-8-14(24)26-10-4-2-6-12-28-16(20,21)22/h1-12H2. The molecular formula is C16H24F6O6. The van der Waals surface area contributed by atoms with Crippen molar-refractivity contribution in [3.05, 3.63) is 0 Å². The van der Waals surface area contributed by atoms with Gasteiger partial charge in [-0.3, -0.25) is 19.1 Å². The number of hydrogen-bond donors (Lipinski definition) is 0. The Hall–Kier alpha value is -1.56. The predicted molar refractivity (Wildman–Crippen MR) is 82.9 cm³/mol. The average molecular weight is 426 g/mol. The highest BCUT2D eigenvalue weighted by Gasteiger charge is 2.28. The molecule has 0 N–H and O–H groups in total. The maximum Gasteiger partial charge on any atom is 0.522 e. The predicted octanol–water partition coefficient (Wildman–Crippen LogP) is 4.27. The first kappa shape index (κ1) is 26.4. The van der Waals surface area contributed by atoms with E-state index >= 15 is 0 Å². The summed E-state index contributed by atoms with van der Waals surface area (Å²) in [6.45, 7) is -0.864. The van der Waals surface area contributed by atoms with Gasteiger partial charge in [0.15, 0.2) is 0 Å². The fourth-order valence-electron chi connectivity index (χ4n) is 1.86. The quantitative estimate of drug-likeness (QED) is 0.221. The van der Waals surface area contributed by atoms with Crippen LogP contribution in [0.4, 0.5) is 26.3 Å². The molecule has 0 amide bonds. The molecule has 0 saturated heterocycles. The third kappa shape index (κ3) is 20.7. The maximum absolute atomic E-state index is 11.7. The zero-order valence-corrected chi connectivity index (χ0v) is 15.2. The molecule has 0 aliphatic carbocycles. The second kappa shape index (κ2) is 14.4. The molecule has 6 nitrogen and oxygen atoms in total. The van der Waals surface area contributed by atoms with Crippen LogP contribution in [0.15, 0.2) is 0 Å². The van der Waals surface area contributed by atoms with Crippen LogP contribution in [-0.2, 0) is 28.5 Å². The van der Waals surface area contributed by atoms with Crippen molar-refractivity contribution < 1.29 is 54.9 Å². The van der Waals surface area contributed by atoms with Crippen molar-refractivity contribution in [3.63, 3.8) is 0 Å². The highest BCUT2D eigenvalue weighted by atomic mass is 19.4. The van der Waals surface area contributed by atoms with Crippen LogP contribution in [0.25, 0.3) is 0 Å². The van der Waals surface area contributed by atoms with Gasteiger partial charge < -0.3 is 9.47 Å². The minimum Gasteiger partial charge on any atom is -0.466 e. The Kier molecular flexibility index (Phi) is 13.6. The van der Waals surface area contributed by atoms with Crippen LogP contribution in [0, 0.1) is 0 Å². The van der Waals surface area contributed by atoms with Crippen molar-refractivity contribution in [2.24, 2.45) is 0 Å². The van der Waals surface area contributed by atoms with Crippen LogP contribution in [0.2, 0.25) is 0 Å². The zero-order valence-electron chi connectivity index (χ0n) is 15.2. The molecule has 0 aromatic heterocycles. The topological polar surface area (TPSA) is 71.1 Å². The van der Waals surface area contributed by atoms with Crippen molar-refractivity contribution in [1.82, 2.24) is 0 Å². The molecule has 0 heterocycles. The molecular weight excluding hydrogens is 402 g/mol. The number of rotatable bonds is 15. The monoisotopic (exact) mass is 426 g/mol. The van der Waals surface area contributed by atoms with E-state index in [1.807, 2.05) is 0 Å². The molecule has 0 aromatic rings.